The van der Waals surface area contributed by atoms with Crippen LogP contribution >= 0.6 is 0 Å². The van der Waals surface area contributed by atoms with Crippen molar-refractivity contribution in [1.29, 1.82) is 0 Å². The summed E-state index contributed by atoms with van der Waals surface area (Å²) in [5.74, 6) is -0.0440. The monoisotopic (exact) mass is 385 g/mol. The SMILES string of the molecule is CCN(CCCNC(=O)c1ccc(OCC(N)=O)c(OC)c1)c1ccccc1. The van der Waals surface area contributed by atoms with Gasteiger partial charge in [-0.25, -0.2) is 0 Å². The van der Waals surface area contributed by atoms with Crippen molar-refractivity contribution in [2.45, 2.75) is 13.3 Å². The summed E-state index contributed by atoms with van der Waals surface area (Å²) in [6.45, 7) is 4.17. The van der Waals surface area contributed by atoms with E-state index >= 15 is 0 Å². The first-order valence-electron chi connectivity index (χ1n) is 9.22. The van der Waals surface area contributed by atoms with Crippen LogP contribution in [-0.4, -0.2) is 45.2 Å². The molecule has 2 aromatic carbocycles. The topological polar surface area (TPSA) is 93.9 Å². The van der Waals surface area contributed by atoms with Gasteiger partial charge in [0.1, 0.15) is 0 Å². The molecule has 7 nitrogen and oxygen atoms in total. The van der Waals surface area contributed by atoms with Gasteiger partial charge >= 0.3 is 0 Å². The number of anilines is 1. The van der Waals surface area contributed by atoms with Crippen molar-refractivity contribution in [2.75, 3.05) is 38.3 Å². The van der Waals surface area contributed by atoms with E-state index in [1.165, 1.54) is 12.8 Å². The molecule has 0 unspecified atom stereocenters. The minimum absolute atomic E-state index is 0.192. The third-order valence-corrected chi connectivity index (χ3v) is 4.19. The molecule has 0 fully saturated rings. The molecule has 3 N–H and O–H groups in total. The maximum absolute atomic E-state index is 12.4. The molecule has 7 heteroatoms. The Labute approximate surface area is 165 Å². The van der Waals surface area contributed by atoms with Crippen LogP contribution in [-0.2, 0) is 4.79 Å². The Kier molecular flexibility index (Phi) is 8.14. The number of nitrogens with two attached hydrogens (primary N) is 1. The molecular weight excluding hydrogens is 358 g/mol. The molecule has 2 amide bonds. The molecule has 2 rings (SSSR count). The molecule has 28 heavy (non-hydrogen) atoms. The predicted octanol–water partition coefficient (Wildman–Crippen LogP) is 2.21. The summed E-state index contributed by atoms with van der Waals surface area (Å²) in [5.41, 5.74) is 6.70. The molecule has 0 aliphatic carbocycles. The fraction of sp³-hybridized carbons (Fsp3) is 0.333. The first-order valence-corrected chi connectivity index (χ1v) is 9.22. The van der Waals surface area contributed by atoms with Crippen molar-refractivity contribution < 1.29 is 19.1 Å². The van der Waals surface area contributed by atoms with Gasteiger partial charge in [0, 0.05) is 30.9 Å². The van der Waals surface area contributed by atoms with E-state index in [-0.39, 0.29) is 12.5 Å². The third-order valence-electron chi connectivity index (χ3n) is 4.19. The summed E-state index contributed by atoms with van der Waals surface area (Å²) in [5, 5.41) is 2.91. The number of carbonyl (C=O) groups is 2. The first kappa shape index (κ1) is 21.1. The number of para-hydroxylation sites is 1. The van der Waals surface area contributed by atoms with Gasteiger partial charge < -0.3 is 25.4 Å². The Morgan fingerprint density at radius 3 is 2.50 bits per heavy atom. The minimum Gasteiger partial charge on any atom is -0.493 e. The van der Waals surface area contributed by atoms with E-state index in [0.29, 0.717) is 23.6 Å². The van der Waals surface area contributed by atoms with E-state index in [1.54, 1.807) is 18.2 Å². The van der Waals surface area contributed by atoms with Gasteiger partial charge in [-0.2, -0.15) is 0 Å². The lowest BCUT2D eigenvalue weighted by molar-refractivity contribution is -0.119. The van der Waals surface area contributed by atoms with E-state index in [0.717, 1.165) is 19.5 Å². The fourth-order valence-corrected chi connectivity index (χ4v) is 2.76. The fourth-order valence-electron chi connectivity index (χ4n) is 2.76. The zero-order valence-electron chi connectivity index (χ0n) is 16.3. The number of ether oxygens (including phenoxy) is 2. The average Bonchev–Trinajstić information content (AvgIpc) is 2.72. The van der Waals surface area contributed by atoms with E-state index in [2.05, 4.69) is 29.3 Å². The zero-order chi connectivity index (χ0) is 20.4. The number of nitrogens with one attached hydrogen (secondary N) is 1. The highest BCUT2D eigenvalue weighted by Gasteiger charge is 2.12. The molecule has 0 saturated carbocycles. The number of hydrogen-bond donors (Lipinski definition) is 2. The van der Waals surface area contributed by atoms with Crippen molar-refractivity contribution in [3.8, 4) is 11.5 Å². The van der Waals surface area contributed by atoms with Crippen LogP contribution < -0.4 is 25.4 Å². The van der Waals surface area contributed by atoms with Crippen LogP contribution in [0.3, 0.4) is 0 Å². The van der Waals surface area contributed by atoms with Crippen molar-refractivity contribution in [1.82, 2.24) is 5.32 Å². The van der Waals surface area contributed by atoms with Gasteiger partial charge in [-0.15, -0.1) is 0 Å². The number of hydrogen-bond acceptors (Lipinski definition) is 5. The molecule has 0 saturated heterocycles. The van der Waals surface area contributed by atoms with Crippen molar-refractivity contribution in [2.24, 2.45) is 5.73 Å². The van der Waals surface area contributed by atoms with Gasteiger partial charge in [-0.3, -0.25) is 9.59 Å². The van der Waals surface area contributed by atoms with Crippen molar-refractivity contribution in [3.63, 3.8) is 0 Å². The summed E-state index contributed by atoms with van der Waals surface area (Å²) in [4.78, 5) is 25.5. The molecule has 0 radical (unpaired) electrons. The van der Waals surface area contributed by atoms with E-state index in [1.807, 2.05) is 18.2 Å². The van der Waals surface area contributed by atoms with Gasteiger partial charge in [-0.05, 0) is 43.7 Å². The van der Waals surface area contributed by atoms with Crippen LogP contribution in [0.1, 0.15) is 23.7 Å². The van der Waals surface area contributed by atoms with Gasteiger partial charge in [0.2, 0.25) is 0 Å². The Morgan fingerprint density at radius 2 is 1.86 bits per heavy atom. The second-order valence-corrected chi connectivity index (χ2v) is 6.15. The number of rotatable bonds is 11. The Bertz CT molecular complexity index is 780. The zero-order valence-corrected chi connectivity index (χ0v) is 16.3. The highest BCUT2D eigenvalue weighted by Crippen LogP contribution is 2.28. The number of amides is 2. The number of carbonyl (C=O) groups excluding carboxylic acids is 2. The van der Waals surface area contributed by atoms with Crippen LogP contribution in [0, 0.1) is 0 Å². The first-order chi connectivity index (χ1) is 13.5. The summed E-state index contributed by atoms with van der Waals surface area (Å²) < 4.78 is 10.5. The maximum Gasteiger partial charge on any atom is 0.255 e. The van der Waals surface area contributed by atoms with E-state index in [9.17, 15) is 9.59 Å². The number of primary amides is 1. The predicted molar refractivity (Wildman–Crippen MR) is 109 cm³/mol. The second-order valence-electron chi connectivity index (χ2n) is 6.15. The molecule has 0 aromatic heterocycles. The van der Waals surface area contributed by atoms with E-state index < -0.39 is 5.91 Å². The Hall–Kier alpha value is -3.22. The molecule has 150 valence electrons. The molecule has 0 aliphatic rings. The minimum atomic E-state index is -0.583. The summed E-state index contributed by atoms with van der Waals surface area (Å²) >= 11 is 0. The number of methoxy groups -OCH3 is 1. The Balaban J connectivity index is 1.86. The van der Waals surface area contributed by atoms with Gasteiger partial charge in [0.25, 0.3) is 11.8 Å². The van der Waals surface area contributed by atoms with Crippen LogP contribution in [0.15, 0.2) is 48.5 Å². The molecule has 2 aromatic rings. The maximum atomic E-state index is 12.4. The smallest absolute Gasteiger partial charge is 0.255 e. The quantitative estimate of drug-likeness (QED) is 0.579. The van der Waals surface area contributed by atoms with Gasteiger partial charge in [-0.1, -0.05) is 18.2 Å². The number of benzene rings is 2. The largest absolute Gasteiger partial charge is 0.493 e. The molecule has 0 bridgehead atoms. The van der Waals surface area contributed by atoms with Crippen LogP contribution in [0.2, 0.25) is 0 Å². The molecular formula is C21H27N3O4. The molecule has 0 spiro atoms. The lowest BCUT2D eigenvalue weighted by Crippen LogP contribution is -2.30. The van der Waals surface area contributed by atoms with Gasteiger partial charge in [0.05, 0.1) is 7.11 Å². The summed E-state index contributed by atoms with van der Waals surface area (Å²) in [6.07, 6.45) is 0.825. The molecule has 0 atom stereocenters. The number of nitrogens with zero attached hydrogens (tertiary/aromatic N) is 1. The molecule has 0 heterocycles. The van der Waals surface area contributed by atoms with Crippen LogP contribution in [0.4, 0.5) is 5.69 Å². The molecule has 0 aliphatic heterocycles. The Morgan fingerprint density at radius 1 is 1.11 bits per heavy atom. The van der Waals surface area contributed by atoms with Crippen molar-refractivity contribution in [3.05, 3.63) is 54.1 Å². The van der Waals surface area contributed by atoms with Gasteiger partial charge in [0.15, 0.2) is 18.1 Å². The summed E-state index contributed by atoms with van der Waals surface area (Å²) in [7, 11) is 1.47. The van der Waals surface area contributed by atoms with Crippen molar-refractivity contribution >= 4 is 17.5 Å². The lowest BCUT2D eigenvalue weighted by Gasteiger charge is -2.23. The third kappa shape index (κ3) is 6.19. The highest BCUT2D eigenvalue weighted by molar-refractivity contribution is 5.94. The highest BCUT2D eigenvalue weighted by atomic mass is 16.5. The standard InChI is InChI=1S/C21H27N3O4/c1-3-24(17-8-5-4-6-9-17)13-7-12-23-21(26)16-10-11-18(19(14-16)27-2)28-15-20(22)25/h4-6,8-11,14H,3,7,12-13,15H2,1-2H3,(H2,22,25)(H,23,26). The van der Waals surface area contributed by atoms with Crippen LogP contribution in [0.5, 0.6) is 11.5 Å². The average molecular weight is 385 g/mol. The second kappa shape index (κ2) is 10.8. The summed E-state index contributed by atoms with van der Waals surface area (Å²) in [6, 6.07) is 15.0. The normalized spacial score (nSPS) is 10.2. The lowest BCUT2D eigenvalue weighted by atomic mass is 10.2. The van der Waals surface area contributed by atoms with E-state index in [4.69, 9.17) is 15.2 Å². The van der Waals surface area contributed by atoms with Crippen LogP contribution in [0.25, 0.3) is 0 Å².